The lowest BCUT2D eigenvalue weighted by molar-refractivity contribution is -0.385. The lowest BCUT2D eigenvalue weighted by Gasteiger charge is -2.09. The van der Waals surface area contributed by atoms with Gasteiger partial charge in [0, 0.05) is 17.3 Å². The van der Waals surface area contributed by atoms with Crippen LogP contribution in [0.2, 0.25) is 0 Å². The van der Waals surface area contributed by atoms with Crippen LogP contribution in [0.1, 0.15) is 16.9 Å². The molecule has 0 unspecified atom stereocenters. The van der Waals surface area contributed by atoms with E-state index in [-0.39, 0.29) is 10.6 Å². The molecule has 5 nitrogen and oxygen atoms in total. The van der Waals surface area contributed by atoms with Crippen LogP contribution in [-0.2, 0) is 6.54 Å². The van der Waals surface area contributed by atoms with Crippen molar-refractivity contribution in [1.82, 2.24) is 0 Å². The van der Waals surface area contributed by atoms with Crippen LogP contribution in [0.5, 0.6) is 0 Å². The number of rotatable bonds is 4. The maximum atomic E-state index is 10.8. The van der Waals surface area contributed by atoms with Gasteiger partial charge in [-0.05, 0) is 37.6 Å². The summed E-state index contributed by atoms with van der Waals surface area (Å²) in [7, 11) is 0. The van der Waals surface area contributed by atoms with Crippen molar-refractivity contribution < 1.29 is 9.34 Å². The molecular formula is C13H14N2O3. The van der Waals surface area contributed by atoms with Crippen molar-refractivity contribution in [3.8, 4) is 0 Å². The average Bonchev–Trinajstić information content (AvgIpc) is 2.82. The van der Waals surface area contributed by atoms with Gasteiger partial charge in [-0.2, -0.15) is 0 Å². The first kappa shape index (κ1) is 12.2. The van der Waals surface area contributed by atoms with E-state index in [0.29, 0.717) is 12.1 Å². The Bertz CT molecular complexity index is 562. The summed E-state index contributed by atoms with van der Waals surface area (Å²) in [5, 5.41) is 14.0. The molecule has 5 heteroatoms. The molecule has 0 aliphatic carbocycles. The number of benzene rings is 1. The van der Waals surface area contributed by atoms with Crippen LogP contribution in [0.25, 0.3) is 0 Å². The predicted molar refractivity (Wildman–Crippen MR) is 68.6 cm³/mol. The van der Waals surface area contributed by atoms with E-state index in [2.05, 4.69) is 5.32 Å². The van der Waals surface area contributed by atoms with E-state index >= 15 is 0 Å². The molecule has 0 saturated carbocycles. The lowest BCUT2D eigenvalue weighted by atomic mass is 10.1. The van der Waals surface area contributed by atoms with Gasteiger partial charge in [0.15, 0.2) is 0 Å². The molecule has 0 atom stereocenters. The molecule has 0 amide bonds. The molecule has 0 fully saturated rings. The van der Waals surface area contributed by atoms with E-state index in [1.807, 2.05) is 19.1 Å². The van der Waals surface area contributed by atoms with Gasteiger partial charge < -0.3 is 9.73 Å². The van der Waals surface area contributed by atoms with Crippen molar-refractivity contribution in [3.63, 3.8) is 0 Å². The molecule has 0 aliphatic rings. The topological polar surface area (TPSA) is 68.3 Å². The summed E-state index contributed by atoms with van der Waals surface area (Å²) in [5.74, 6) is 0.824. The molecule has 2 aromatic rings. The Morgan fingerprint density at radius 3 is 2.72 bits per heavy atom. The van der Waals surface area contributed by atoms with Crippen molar-refractivity contribution in [3.05, 3.63) is 57.5 Å². The SMILES string of the molecule is Cc1cc([N+](=O)[O-])c(C)cc1NCc1ccco1. The average molecular weight is 246 g/mol. The third-order valence-electron chi connectivity index (χ3n) is 2.77. The van der Waals surface area contributed by atoms with Gasteiger partial charge in [-0.15, -0.1) is 0 Å². The van der Waals surface area contributed by atoms with Gasteiger partial charge in [-0.3, -0.25) is 10.1 Å². The summed E-state index contributed by atoms with van der Waals surface area (Å²) in [6.07, 6.45) is 1.62. The maximum absolute atomic E-state index is 10.8. The van der Waals surface area contributed by atoms with Crippen LogP contribution < -0.4 is 5.32 Å². The van der Waals surface area contributed by atoms with E-state index in [1.54, 1.807) is 25.3 Å². The highest BCUT2D eigenvalue weighted by molar-refractivity contribution is 5.59. The number of hydrogen-bond acceptors (Lipinski definition) is 4. The summed E-state index contributed by atoms with van der Waals surface area (Å²) in [4.78, 5) is 10.4. The minimum absolute atomic E-state index is 0.149. The zero-order valence-corrected chi connectivity index (χ0v) is 10.3. The van der Waals surface area contributed by atoms with Crippen molar-refractivity contribution in [1.29, 1.82) is 0 Å². The molecule has 1 heterocycles. The van der Waals surface area contributed by atoms with Crippen molar-refractivity contribution in [2.24, 2.45) is 0 Å². The van der Waals surface area contributed by atoms with Crippen molar-refractivity contribution >= 4 is 11.4 Å². The molecule has 0 saturated heterocycles. The Kier molecular flexibility index (Phi) is 3.32. The Morgan fingerprint density at radius 2 is 2.11 bits per heavy atom. The second-order valence-electron chi connectivity index (χ2n) is 4.14. The maximum Gasteiger partial charge on any atom is 0.272 e. The number of aryl methyl sites for hydroxylation is 2. The normalized spacial score (nSPS) is 10.3. The Morgan fingerprint density at radius 1 is 1.33 bits per heavy atom. The molecule has 2 rings (SSSR count). The van der Waals surface area contributed by atoms with Crippen LogP contribution in [0.3, 0.4) is 0 Å². The number of furan rings is 1. The van der Waals surface area contributed by atoms with Gasteiger partial charge >= 0.3 is 0 Å². The molecule has 1 aromatic carbocycles. The highest BCUT2D eigenvalue weighted by atomic mass is 16.6. The van der Waals surface area contributed by atoms with Crippen molar-refractivity contribution in [2.45, 2.75) is 20.4 Å². The fourth-order valence-corrected chi connectivity index (χ4v) is 1.78. The zero-order chi connectivity index (χ0) is 13.1. The summed E-state index contributed by atoms with van der Waals surface area (Å²) >= 11 is 0. The van der Waals surface area contributed by atoms with Crippen LogP contribution in [0.4, 0.5) is 11.4 Å². The van der Waals surface area contributed by atoms with Gasteiger partial charge in [-0.1, -0.05) is 0 Å². The van der Waals surface area contributed by atoms with Crippen LogP contribution in [-0.4, -0.2) is 4.92 Å². The minimum atomic E-state index is -0.362. The first-order chi connectivity index (χ1) is 8.58. The van der Waals surface area contributed by atoms with Crippen LogP contribution >= 0.6 is 0 Å². The van der Waals surface area contributed by atoms with E-state index in [1.165, 1.54) is 0 Å². The standard InChI is InChI=1S/C13H14N2O3/c1-9-7-13(15(16)17)10(2)6-12(9)14-8-11-4-3-5-18-11/h3-7,14H,8H2,1-2H3. The molecule has 94 valence electrons. The first-order valence-corrected chi connectivity index (χ1v) is 5.60. The van der Waals surface area contributed by atoms with E-state index < -0.39 is 0 Å². The highest BCUT2D eigenvalue weighted by Gasteiger charge is 2.13. The van der Waals surface area contributed by atoms with E-state index in [9.17, 15) is 10.1 Å². The number of anilines is 1. The number of nitrogens with one attached hydrogen (secondary N) is 1. The third kappa shape index (κ3) is 2.51. The second-order valence-corrected chi connectivity index (χ2v) is 4.14. The molecule has 0 radical (unpaired) electrons. The minimum Gasteiger partial charge on any atom is -0.467 e. The lowest BCUT2D eigenvalue weighted by Crippen LogP contribution is -2.02. The van der Waals surface area contributed by atoms with Crippen LogP contribution in [0.15, 0.2) is 34.9 Å². The first-order valence-electron chi connectivity index (χ1n) is 5.60. The molecule has 0 bridgehead atoms. The fraction of sp³-hybridized carbons (Fsp3) is 0.231. The third-order valence-corrected chi connectivity index (χ3v) is 2.77. The molecule has 18 heavy (non-hydrogen) atoms. The van der Waals surface area contributed by atoms with Gasteiger partial charge in [0.1, 0.15) is 5.76 Å². The van der Waals surface area contributed by atoms with E-state index in [4.69, 9.17) is 4.42 Å². The quantitative estimate of drug-likeness (QED) is 0.663. The predicted octanol–water partition coefficient (Wildman–Crippen LogP) is 3.42. The largest absolute Gasteiger partial charge is 0.467 e. The molecule has 0 spiro atoms. The summed E-state index contributed by atoms with van der Waals surface area (Å²) in [5.41, 5.74) is 2.52. The number of nitro groups is 1. The molecule has 1 N–H and O–H groups in total. The molecule has 0 aliphatic heterocycles. The summed E-state index contributed by atoms with van der Waals surface area (Å²) in [6, 6.07) is 7.07. The second kappa shape index (κ2) is 4.91. The Hall–Kier alpha value is -2.30. The highest BCUT2D eigenvalue weighted by Crippen LogP contribution is 2.26. The van der Waals surface area contributed by atoms with E-state index in [0.717, 1.165) is 17.0 Å². The summed E-state index contributed by atoms with van der Waals surface area (Å²) < 4.78 is 5.22. The smallest absolute Gasteiger partial charge is 0.272 e. The monoisotopic (exact) mass is 246 g/mol. The number of nitro benzene ring substituents is 1. The van der Waals surface area contributed by atoms with Gasteiger partial charge in [0.05, 0.1) is 17.7 Å². The number of nitrogens with zero attached hydrogens (tertiary/aromatic N) is 1. The van der Waals surface area contributed by atoms with Gasteiger partial charge in [0.2, 0.25) is 0 Å². The van der Waals surface area contributed by atoms with Crippen molar-refractivity contribution in [2.75, 3.05) is 5.32 Å². The number of hydrogen-bond donors (Lipinski definition) is 1. The summed E-state index contributed by atoms with van der Waals surface area (Å²) in [6.45, 7) is 4.14. The van der Waals surface area contributed by atoms with Gasteiger partial charge in [0.25, 0.3) is 5.69 Å². The Balaban J connectivity index is 2.19. The molecular weight excluding hydrogens is 232 g/mol. The zero-order valence-electron chi connectivity index (χ0n) is 10.3. The van der Waals surface area contributed by atoms with Gasteiger partial charge in [-0.25, -0.2) is 0 Å². The molecule has 1 aromatic heterocycles. The van der Waals surface area contributed by atoms with Crippen LogP contribution in [0, 0.1) is 24.0 Å². The fourth-order valence-electron chi connectivity index (χ4n) is 1.78. The Labute approximate surface area is 105 Å².